The Morgan fingerprint density at radius 3 is 2.56 bits per heavy atom. The van der Waals surface area contributed by atoms with Gasteiger partial charge in [0.1, 0.15) is 5.39 Å². The highest BCUT2D eigenvalue weighted by atomic mass is 16.1. The van der Waals surface area contributed by atoms with Gasteiger partial charge in [0.05, 0.1) is 5.69 Å². The van der Waals surface area contributed by atoms with Crippen LogP contribution < -0.4 is 10.5 Å². The van der Waals surface area contributed by atoms with Crippen molar-refractivity contribution in [3.05, 3.63) is 45.4 Å². The van der Waals surface area contributed by atoms with Crippen LogP contribution in [0, 0.1) is 26.7 Å². The first-order chi connectivity index (χ1) is 11.9. The molecule has 2 aromatic heterocycles. The summed E-state index contributed by atoms with van der Waals surface area (Å²) in [5.41, 5.74) is 4.87. The summed E-state index contributed by atoms with van der Waals surface area (Å²) in [7, 11) is 0. The highest BCUT2D eigenvalue weighted by Gasteiger charge is 2.22. The molecular formula is C19H23N5O. The van der Waals surface area contributed by atoms with Gasteiger partial charge >= 0.3 is 0 Å². The first-order valence-corrected chi connectivity index (χ1v) is 8.75. The second kappa shape index (κ2) is 5.72. The molecule has 3 heterocycles. The van der Waals surface area contributed by atoms with E-state index < -0.39 is 0 Å². The number of hydrogen-bond donors (Lipinski definition) is 1. The fourth-order valence-corrected chi connectivity index (χ4v) is 3.83. The number of aromatic nitrogens is 4. The summed E-state index contributed by atoms with van der Waals surface area (Å²) < 4.78 is 1.79. The Balaban J connectivity index is 1.84. The number of rotatable bonds is 2. The average Bonchev–Trinajstić information content (AvgIpc) is 3.12. The second-order valence-corrected chi connectivity index (χ2v) is 7.29. The van der Waals surface area contributed by atoms with Crippen molar-refractivity contribution in [2.75, 3.05) is 18.0 Å². The summed E-state index contributed by atoms with van der Waals surface area (Å²) in [6.07, 6.45) is 2.90. The Hall–Kier alpha value is -2.63. The lowest BCUT2D eigenvalue weighted by molar-refractivity contribution is 0.658. The van der Waals surface area contributed by atoms with Crippen LogP contribution in [-0.4, -0.2) is 32.8 Å². The van der Waals surface area contributed by atoms with Crippen LogP contribution in [0.3, 0.4) is 0 Å². The van der Waals surface area contributed by atoms with Gasteiger partial charge in [0, 0.05) is 19.3 Å². The molecule has 130 valence electrons. The lowest BCUT2D eigenvalue weighted by Crippen LogP contribution is -2.24. The minimum atomic E-state index is -0.131. The zero-order valence-corrected chi connectivity index (χ0v) is 15.1. The maximum atomic E-state index is 12.5. The Bertz CT molecular complexity index is 993. The zero-order valence-electron chi connectivity index (χ0n) is 15.1. The normalized spacial score (nSPS) is 17.6. The number of hydrogen-bond acceptors (Lipinski definition) is 4. The van der Waals surface area contributed by atoms with Gasteiger partial charge in [0.2, 0.25) is 5.95 Å². The van der Waals surface area contributed by atoms with Gasteiger partial charge < -0.3 is 4.90 Å². The molecule has 0 bridgehead atoms. The van der Waals surface area contributed by atoms with Crippen LogP contribution in [-0.2, 0) is 0 Å². The summed E-state index contributed by atoms with van der Waals surface area (Å²) in [4.78, 5) is 22.2. The third-order valence-corrected chi connectivity index (χ3v) is 4.96. The maximum absolute atomic E-state index is 12.5. The molecule has 6 heteroatoms. The molecule has 1 aliphatic heterocycles. The lowest BCUT2D eigenvalue weighted by atomic mass is 10.1. The highest BCUT2D eigenvalue weighted by Crippen LogP contribution is 2.23. The van der Waals surface area contributed by atoms with E-state index in [1.54, 1.807) is 10.9 Å². The first kappa shape index (κ1) is 15.9. The third-order valence-electron chi connectivity index (χ3n) is 4.96. The second-order valence-electron chi connectivity index (χ2n) is 7.29. The van der Waals surface area contributed by atoms with Gasteiger partial charge in [-0.1, -0.05) is 24.6 Å². The first-order valence-electron chi connectivity index (χ1n) is 8.75. The molecular weight excluding hydrogens is 314 g/mol. The van der Waals surface area contributed by atoms with E-state index in [0.29, 0.717) is 22.9 Å². The van der Waals surface area contributed by atoms with Crippen LogP contribution >= 0.6 is 0 Å². The van der Waals surface area contributed by atoms with Crippen molar-refractivity contribution in [1.82, 2.24) is 19.7 Å². The largest absolute Gasteiger partial charge is 0.342 e. The van der Waals surface area contributed by atoms with Crippen LogP contribution in [0.2, 0.25) is 0 Å². The molecule has 25 heavy (non-hydrogen) atoms. The fourth-order valence-electron chi connectivity index (χ4n) is 3.83. The van der Waals surface area contributed by atoms with Crippen molar-refractivity contribution in [1.29, 1.82) is 0 Å². The summed E-state index contributed by atoms with van der Waals surface area (Å²) in [5.74, 6) is 1.25. The Kier molecular flexibility index (Phi) is 3.63. The number of benzene rings is 1. The molecule has 0 amide bonds. The predicted octanol–water partition coefficient (Wildman–Crippen LogP) is 2.88. The third kappa shape index (κ3) is 2.71. The van der Waals surface area contributed by atoms with Crippen molar-refractivity contribution < 1.29 is 0 Å². The molecule has 0 aliphatic carbocycles. The fraction of sp³-hybridized carbons (Fsp3) is 0.421. The van der Waals surface area contributed by atoms with Gasteiger partial charge in [-0.05, 0) is 44.2 Å². The van der Waals surface area contributed by atoms with Crippen molar-refractivity contribution in [3.63, 3.8) is 0 Å². The topological polar surface area (TPSA) is 66.8 Å². The molecule has 0 saturated carbocycles. The lowest BCUT2D eigenvalue weighted by Gasteiger charge is -2.15. The van der Waals surface area contributed by atoms with Gasteiger partial charge in [-0.15, -0.1) is 5.10 Å². The standard InChI is InChI=1S/C19H23N5O/c1-11-5-6-23(9-11)19-20-17-15(18(25)21-19)10-24(22-17)16-13(3)7-12(2)8-14(16)4/h7-8,10-11H,5-6,9H2,1-4H3,(H,20,21,22,25). The molecule has 1 aliphatic rings. The van der Waals surface area contributed by atoms with Gasteiger partial charge in [-0.3, -0.25) is 9.78 Å². The van der Waals surface area contributed by atoms with Crippen LogP contribution in [0.5, 0.6) is 0 Å². The quantitative estimate of drug-likeness (QED) is 0.781. The monoisotopic (exact) mass is 337 g/mol. The molecule has 1 aromatic carbocycles. The predicted molar refractivity (Wildman–Crippen MR) is 99.7 cm³/mol. The Labute approximate surface area is 146 Å². The Morgan fingerprint density at radius 1 is 1.20 bits per heavy atom. The van der Waals surface area contributed by atoms with Crippen molar-refractivity contribution in [3.8, 4) is 5.69 Å². The molecule has 0 spiro atoms. The molecule has 1 unspecified atom stereocenters. The van der Waals surface area contributed by atoms with Crippen molar-refractivity contribution in [2.24, 2.45) is 5.92 Å². The number of nitrogens with one attached hydrogen (secondary N) is 1. The van der Waals surface area contributed by atoms with E-state index in [9.17, 15) is 4.79 Å². The van der Waals surface area contributed by atoms with Crippen LogP contribution in [0.1, 0.15) is 30.0 Å². The summed E-state index contributed by atoms with van der Waals surface area (Å²) in [5, 5.41) is 5.13. The minimum Gasteiger partial charge on any atom is -0.342 e. The van der Waals surface area contributed by atoms with E-state index in [0.717, 1.165) is 36.3 Å². The smallest absolute Gasteiger partial charge is 0.263 e. The van der Waals surface area contributed by atoms with Gasteiger partial charge in [-0.25, -0.2) is 4.68 Å². The van der Waals surface area contributed by atoms with Gasteiger partial charge in [-0.2, -0.15) is 4.98 Å². The number of anilines is 1. The number of aromatic amines is 1. The molecule has 1 N–H and O–H groups in total. The van der Waals surface area contributed by atoms with Crippen LogP contribution in [0.4, 0.5) is 5.95 Å². The van der Waals surface area contributed by atoms with Crippen LogP contribution in [0.15, 0.2) is 23.1 Å². The van der Waals surface area contributed by atoms with E-state index in [1.165, 1.54) is 5.56 Å². The summed E-state index contributed by atoms with van der Waals surface area (Å²) >= 11 is 0. The van der Waals surface area contributed by atoms with Crippen molar-refractivity contribution in [2.45, 2.75) is 34.1 Å². The highest BCUT2D eigenvalue weighted by molar-refractivity contribution is 5.75. The van der Waals surface area contributed by atoms with Gasteiger partial charge in [0.25, 0.3) is 5.56 Å². The average molecular weight is 337 g/mol. The number of nitrogens with zero attached hydrogens (tertiary/aromatic N) is 4. The van der Waals surface area contributed by atoms with E-state index in [4.69, 9.17) is 0 Å². The van der Waals surface area contributed by atoms with E-state index >= 15 is 0 Å². The van der Waals surface area contributed by atoms with E-state index in [-0.39, 0.29) is 5.56 Å². The molecule has 4 rings (SSSR count). The molecule has 1 saturated heterocycles. The zero-order chi connectivity index (χ0) is 17.7. The molecule has 1 fully saturated rings. The molecule has 1 atom stereocenters. The summed E-state index contributed by atoms with van der Waals surface area (Å²) in [6.45, 7) is 10.3. The number of aryl methyl sites for hydroxylation is 3. The maximum Gasteiger partial charge on any atom is 0.263 e. The molecule has 3 aromatic rings. The Morgan fingerprint density at radius 2 is 1.92 bits per heavy atom. The number of H-pyrrole nitrogens is 1. The molecule has 0 radical (unpaired) electrons. The van der Waals surface area contributed by atoms with E-state index in [1.807, 2.05) is 0 Å². The SMILES string of the molecule is Cc1cc(C)c(-n2cc3c(=O)[nH]c(N4CCC(C)C4)nc3n2)c(C)c1. The molecule has 6 nitrogen and oxygen atoms in total. The van der Waals surface area contributed by atoms with Crippen molar-refractivity contribution >= 4 is 17.0 Å². The summed E-state index contributed by atoms with van der Waals surface area (Å²) in [6, 6.07) is 4.26. The minimum absolute atomic E-state index is 0.131. The van der Waals surface area contributed by atoms with Gasteiger partial charge in [0.15, 0.2) is 5.65 Å². The van der Waals surface area contributed by atoms with E-state index in [2.05, 4.69) is 59.8 Å². The number of fused-ring (bicyclic) bond motifs is 1. The van der Waals surface area contributed by atoms with Crippen LogP contribution in [0.25, 0.3) is 16.7 Å².